The second-order valence-electron chi connectivity index (χ2n) is 5.29. The summed E-state index contributed by atoms with van der Waals surface area (Å²) < 4.78 is 25.0. The van der Waals surface area contributed by atoms with Gasteiger partial charge in [0.2, 0.25) is 0 Å². The fourth-order valence-electron chi connectivity index (χ4n) is 2.89. The summed E-state index contributed by atoms with van der Waals surface area (Å²) in [6.07, 6.45) is 0. The molecule has 1 aliphatic heterocycles. The summed E-state index contributed by atoms with van der Waals surface area (Å²) in [5, 5.41) is 0.729. The first-order valence-electron chi connectivity index (χ1n) is 6.89. The van der Waals surface area contributed by atoms with Gasteiger partial charge in [-0.1, -0.05) is 30.3 Å². The highest BCUT2D eigenvalue weighted by Crippen LogP contribution is 2.41. The maximum absolute atomic E-state index is 13.7. The van der Waals surface area contributed by atoms with Gasteiger partial charge in [0.15, 0.2) is 11.4 Å². The predicted octanol–water partition coefficient (Wildman–Crippen LogP) is 3.75. The highest BCUT2D eigenvalue weighted by atomic mass is 19.1. The molecule has 0 saturated heterocycles. The lowest BCUT2D eigenvalue weighted by Crippen LogP contribution is -2.20. The number of fused-ring (bicyclic) bond motifs is 2. The van der Waals surface area contributed by atoms with Crippen molar-refractivity contribution in [3.8, 4) is 5.75 Å². The number of hydrogen-bond acceptors (Lipinski definition) is 3. The number of hydrogen-bond donors (Lipinski definition) is 1. The monoisotopic (exact) mass is 283 g/mol. The van der Waals surface area contributed by atoms with Gasteiger partial charge in [0.1, 0.15) is 11.5 Å². The minimum atomic E-state index is -0.367. The SMILES string of the molecule is NC(c1cc2cccc(F)c2o1)C1COc2ccccc21. The molecular formula is C17H14FNO2. The van der Waals surface area contributed by atoms with E-state index in [1.165, 1.54) is 6.07 Å². The lowest BCUT2D eigenvalue weighted by molar-refractivity contribution is 0.304. The van der Waals surface area contributed by atoms with Gasteiger partial charge in [-0.2, -0.15) is 0 Å². The molecule has 21 heavy (non-hydrogen) atoms. The molecule has 4 heteroatoms. The van der Waals surface area contributed by atoms with Crippen LogP contribution in [0.25, 0.3) is 11.0 Å². The third-order valence-electron chi connectivity index (χ3n) is 4.01. The maximum atomic E-state index is 13.7. The highest BCUT2D eigenvalue weighted by molar-refractivity contribution is 5.78. The van der Waals surface area contributed by atoms with Crippen molar-refractivity contribution in [2.45, 2.75) is 12.0 Å². The van der Waals surface area contributed by atoms with Gasteiger partial charge >= 0.3 is 0 Å². The quantitative estimate of drug-likeness (QED) is 0.779. The van der Waals surface area contributed by atoms with Gasteiger partial charge in [0.05, 0.1) is 12.6 Å². The van der Waals surface area contributed by atoms with Crippen molar-refractivity contribution in [3.63, 3.8) is 0 Å². The van der Waals surface area contributed by atoms with Gasteiger partial charge in [-0.15, -0.1) is 0 Å². The van der Waals surface area contributed by atoms with Crippen LogP contribution in [-0.2, 0) is 0 Å². The Labute approximate surface area is 121 Å². The summed E-state index contributed by atoms with van der Waals surface area (Å²) in [6.45, 7) is 0.514. The molecule has 2 atom stereocenters. The molecule has 0 spiro atoms. The number of rotatable bonds is 2. The van der Waals surface area contributed by atoms with Crippen LogP contribution < -0.4 is 10.5 Å². The van der Waals surface area contributed by atoms with Crippen LogP contribution in [0.5, 0.6) is 5.75 Å². The Morgan fingerprint density at radius 1 is 1.14 bits per heavy atom. The van der Waals surface area contributed by atoms with E-state index in [1.54, 1.807) is 6.07 Å². The van der Waals surface area contributed by atoms with Gasteiger partial charge in [-0.05, 0) is 18.2 Å². The minimum absolute atomic E-state index is 0.0184. The molecule has 2 N–H and O–H groups in total. The topological polar surface area (TPSA) is 48.4 Å². The van der Waals surface area contributed by atoms with Crippen LogP contribution in [0.1, 0.15) is 23.3 Å². The fraction of sp³-hybridized carbons (Fsp3) is 0.176. The summed E-state index contributed by atoms with van der Waals surface area (Å²) in [6, 6.07) is 14.2. The Bertz CT molecular complexity index is 811. The summed E-state index contributed by atoms with van der Waals surface area (Å²) in [4.78, 5) is 0. The first-order valence-corrected chi connectivity index (χ1v) is 6.89. The van der Waals surface area contributed by atoms with Gasteiger partial charge in [-0.25, -0.2) is 4.39 Å². The molecule has 3 aromatic rings. The first-order chi connectivity index (χ1) is 10.2. The molecular weight excluding hydrogens is 269 g/mol. The Hall–Kier alpha value is -2.33. The number of para-hydroxylation sites is 2. The van der Waals surface area contributed by atoms with Crippen LogP contribution in [0.2, 0.25) is 0 Å². The molecule has 2 aromatic carbocycles. The van der Waals surface area contributed by atoms with Crippen LogP contribution in [0.4, 0.5) is 4.39 Å². The highest BCUT2D eigenvalue weighted by Gasteiger charge is 2.32. The van der Waals surface area contributed by atoms with E-state index in [0.717, 1.165) is 16.7 Å². The largest absolute Gasteiger partial charge is 0.493 e. The average Bonchev–Trinajstić information content (AvgIpc) is 3.11. The van der Waals surface area contributed by atoms with E-state index in [9.17, 15) is 4.39 Å². The van der Waals surface area contributed by atoms with Gasteiger partial charge in [-0.3, -0.25) is 0 Å². The summed E-state index contributed by atoms with van der Waals surface area (Å²) >= 11 is 0. The third kappa shape index (κ3) is 1.91. The number of ether oxygens (including phenoxy) is 1. The second-order valence-corrected chi connectivity index (χ2v) is 5.29. The molecule has 0 amide bonds. The summed E-state index contributed by atoms with van der Waals surface area (Å²) in [5.74, 6) is 1.10. The molecule has 0 aliphatic carbocycles. The summed E-state index contributed by atoms with van der Waals surface area (Å²) in [5.41, 5.74) is 7.67. The molecule has 2 unspecified atom stereocenters. The van der Waals surface area contributed by atoms with E-state index in [-0.39, 0.29) is 23.4 Å². The first kappa shape index (κ1) is 12.4. The van der Waals surface area contributed by atoms with Crippen molar-refractivity contribution in [2.75, 3.05) is 6.61 Å². The molecule has 0 saturated carbocycles. The molecule has 0 bridgehead atoms. The van der Waals surface area contributed by atoms with Crippen LogP contribution in [0.3, 0.4) is 0 Å². The molecule has 1 aliphatic rings. The lowest BCUT2D eigenvalue weighted by Gasteiger charge is -2.15. The minimum Gasteiger partial charge on any atom is -0.493 e. The van der Waals surface area contributed by atoms with E-state index in [1.807, 2.05) is 36.4 Å². The second kappa shape index (κ2) is 4.60. The fourth-order valence-corrected chi connectivity index (χ4v) is 2.89. The third-order valence-corrected chi connectivity index (χ3v) is 4.01. The van der Waals surface area contributed by atoms with Crippen molar-refractivity contribution in [1.82, 2.24) is 0 Å². The van der Waals surface area contributed by atoms with Crippen molar-refractivity contribution in [3.05, 3.63) is 65.7 Å². The van der Waals surface area contributed by atoms with Crippen LogP contribution in [0, 0.1) is 5.82 Å². The number of benzene rings is 2. The van der Waals surface area contributed by atoms with Crippen LogP contribution in [-0.4, -0.2) is 6.61 Å². The standard InChI is InChI=1S/C17H14FNO2/c18-13-6-3-4-10-8-15(21-17(10)13)16(19)12-9-20-14-7-2-1-5-11(12)14/h1-8,12,16H,9,19H2. The molecule has 1 aromatic heterocycles. The zero-order valence-electron chi connectivity index (χ0n) is 11.3. The predicted molar refractivity (Wildman–Crippen MR) is 77.8 cm³/mol. The Kier molecular flexibility index (Phi) is 2.72. The van der Waals surface area contributed by atoms with Crippen LogP contribution in [0.15, 0.2) is 52.9 Å². The number of nitrogens with two attached hydrogens (primary N) is 1. The number of furan rings is 1. The molecule has 3 nitrogen and oxygen atoms in total. The van der Waals surface area contributed by atoms with E-state index in [4.69, 9.17) is 14.9 Å². The molecule has 2 heterocycles. The van der Waals surface area contributed by atoms with E-state index >= 15 is 0 Å². The summed E-state index contributed by atoms with van der Waals surface area (Å²) in [7, 11) is 0. The zero-order chi connectivity index (χ0) is 14.4. The Balaban J connectivity index is 1.74. The molecule has 4 rings (SSSR count). The molecule has 106 valence electrons. The van der Waals surface area contributed by atoms with Gasteiger partial charge in [0, 0.05) is 16.9 Å². The van der Waals surface area contributed by atoms with Gasteiger partial charge in [0.25, 0.3) is 0 Å². The van der Waals surface area contributed by atoms with E-state index in [2.05, 4.69) is 0 Å². The Morgan fingerprint density at radius 3 is 2.86 bits per heavy atom. The lowest BCUT2D eigenvalue weighted by atomic mass is 9.92. The van der Waals surface area contributed by atoms with Crippen LogP contribution >= 0.6 is 0 Å². The Morgan fingerprint density at radius 2 is 2.00 bits per heavy atom. The van der Waals surface area contributed by atoms with Crippen molar-refractivity contribution in [2.24, 2.45) is 5.73 Å². The van der Waals surface area contributed by atoms with E-state index < -0.39 is 0 Å². The maximum Gasteiger partial charge on any atom is 0.169 e. The van der Waals surface area contributed by atoms with Crippen molar-refractivity contribution >= 4 is 11.0 Å². The number of halogens is 1. The zero-order valence-corrected chi connectivity index (χ0v) is 11.3. The van der Waals surface area contributed by atoms with Crippen molar-refractivity contribution < 1.29 is 13.5 Å². The average molecular weight is 283 g/mol. The molecule has 0 radical (unpaired) electrons. The normalized spacial score (nSPS) is 18.5. The molecule has 0 fully saturated rings. The van der Waals surface area contributed by atoms with Crippen molar-refractivity contribution in [1.29, 1.82) is 0 Å². The van der Waals surface area contributed by atoms with E-state index in [0.29, 0.717) is 12.4 Å². The smallest absolute Gasteiger partial charge is 0.169 e. The van der Waals surface area contributed by atoms with Gasteiger partial charge < -0.3 is 14.9 Å².